The molecule has 0 aliphatic carbocycles. The molecule has 4 N–H and O–H groups in total. The van der Waals surface area contributed by atoms with Crippen LogP contribution < -0.4 is 11.5 Å². The van der Waals surface area contributed by atoms with Crippen molar-refractivity contribution in [1.82, 2.24) is 4.98 Å². The molecule has 58 valence electrons. The Morgan fingerprint density at radius 2 is 2.36 bits per heavy atom. The molecule has 0 fully saturated rings. The monoisotopic (exact) mass is 149 g/mol. The predicted molar refractivity (Wildman–Crippen MR) is 46.7 cm³/mol. The number of hydrogen-bond acceptors (Lipinski definition) is 3. The van der Waals surface area contributed by atoms with Crippen LogP contribution >= 0.6 is 0 Å². The van der Waals surface area contributed by atoms with Crippen LogP contribution in [-0.4, -0.2) is 11.5 Å². The Balaban J connectivity index is 2.86. The highest BCUT2D eigenvalue weighted by Crippen LogP contribution is 2.09. The van der Waals surface area contributed by atoms with Gasteiger partial charge in [-0.25, -0.2) is 0 Å². The maximum Gasteiger partial charge on any atom is 0.0574 e. The first-order valence-electron chi connectivity index (χ1n) is 3.40. The van der Waals surface area contributed by atoms with Gasteiger partial charge in [0.25, 0.3) is 0 Å². The Morgan fingerprint density at radius 3 is 3.00 bits per heavy atom. The predicted octanol–water partition coefficient (Wildman–Crippen LogP) is 0.636. The SMILES string of the molecule is NCC=Cc1ccncc1N. The number of nitrogens with two attached hydrogens (primary N) is 2. The van der Waals surface area contributed by atoms with E-state index in [1.807, 2.05) is 18.2 Å². The molecule has 0 atom stereocenters. The molecule has 3 nitrogen and oxygen atoms in total. The first-order valence-corrected chi connectivity index (χ1v) is 3.40. The van der Waals surface area contributed by atoms with Crippen LogP contribution in [0.2, 0.25) is 0 Å². The van der Waals surface area contributed by atoms with Crippen LogP contribution in [0, 0.1) is 0 Å². The van der Waals surface area contributed by atoms with Crippen molar-refractivity contribution < 1.29 is 0 Å². The van der Waals surface area contributed by atoms with Gasteiger partial charge in [-0.05, 0) is 6.07 Å². The van der Waals surface area contributed by atoms with Gasteiger partial charge in [-0.15, -0.1) is 0 Å². The van der Waals surface area contributed by atoms with Gasteiger partial charge in [-0.1, -0.05) is 12.2 Å². The summed E-state index contributed by atoms with van der Waals surface area (Å²) in [4.78, 5) is 3.86. The van der Waals surface area contributed by atoms with E-state index >= 15 is 0 Å². The van der Waals surface area contributed by atoms with Crippen LogP contribution in [0.3, 0.4) is 0 Å². The number of anilines is 1. The maximum atomic E-state index is 5.61. The molecule has 0 saturated heterocycles. The van der Waals surface area contributed by atoms with Gasteiger partial charge in [-0.3, -0.25) is 4.98 Å². The van der Waals surface area contributed by atoms with Crippen LogP contribution in [0.15, 0.2) is 24.5 Å². The minimum atomic E-state index is 0.530. The van der Waals surface area contributed by atoms with Gasteiger partial charge in [0.2, 0.25) is 0 Å². The van der Waals surface area contributed by atoms with Crippen molar-refractivity contribution in [2.24, 2.45) is 5.73 Å². The highest BCUT2D eigenvalue weighted by atomic mass is 14.7. The maximum absolute atomic E-state index is 5.61. The zero-order chi connectivity index (χ0) is 8.10. The van der Waals surface area contributed by atoms with Crippen molar-refractivity contribution in [3.63, 3.8) is 0 Å². The highest BCUT2D eigenvalue weighted by Gasteiger charge is 1.90. The standard InChI is InChI=1S/C8H11N3/c9-4-1-2-7-3-5-11-6-8(7)10/h1-3,5-6H,4,9-10H2. The molecule has 1 rings (SSSR count). The summed E-state index contributed by atoms with van der Waals surface area (Å²) in [7, 11) is 0. The fraction of sp³-hybridized carbons (Fsp3) is 0.125. The summed E-state index contributed by atoms with van der Waals surface area (Å²) < 4.78 is 0. The normalized spacial score (nSPS) is 10.6. The second kappa shape index (κ2) is 3.73. The summed E-state index contributed by atoms with van der Waals surface area (Å²) in [6.07, 6.45) is 7.06. The first-order chi connectivity index (χ1) is 5.34. The van der Waals surface area contributed by atoms with Crippen molar-refractivity contribution in [2.75, 3.05) is 12.3 Å². The molecule has 0 radical (unpaired) electrons. The average Bonchev–Trinajstić information content (AvgIpc) is 2.03. The van der Waals surface area contributed by atoms with Gasteiger partial charge in [0.15, 0.2) is 0 Å². The Hall–Kier alpha value is -1.35. The van der Waals surface area contributed by atoms with Gasteiger partial charge < -0.3 is 11.5 Å². The van der Waals surface area contributed by atoms with Crippen LogP contribution in [0.1, 0.15) is 5.56 Å². The van der Waals surface area contributed by atoms with E-state index in [-0.39, 0.29) is 0 Å². The van der Waals surface area contributed by atoms with E-state index in [4.69, 9.17) is 11.5 Å². The molecule has 11 heavy (non-hydrogen) atoms. The third kappa shape index (κ3) is 2.05. The molecule has 0 bridgehead atoms. The van der Waals surface area contributed by atoms with Crippen molar-refractivity contribution in [2.45, 2.75) is 0 Å². The number of nitrogens with zero attached hydrogens (tertiary/aromatic N) is 1. The second-order valence-electron chi connectivity index (χ2n) is 2.14. The molecule has 0 amide bonds. The van der Waals surface area contributed by atoms with E-state index in [0.717, 1.165) is 5.56 Å². The third-order valence-electron chi connectivity index (χ3n) is 1.32. The lowest BCUT2D eigenvalue weighted by Crippen LogP contribution is -1.93. The third-order valence-corrected chi connectivity index (χ3v) is 1.32. The quantitative estimate of drug-likeness (QED) is 0.648. The fourth-order valence-electron chi connectivity index (χ4n) is 0.764. The van der Waals surface area contributed by atoms with Crippen molar-refractivity contribution in [3.05, 3.63) is 30.1 Å². The number of pyridine rings is 1. The lowest BCUT2D eigenvalue weighted by Gasteiger charge is -1.96. The molecule has 0 aliphatic rings. The van der Waals surface area contributed by atoms with E-state index in [9.17, 15) is 0 Å². The number of hydrogen-bond donors (Lipinski definition) is 2. The summed E-state index contributed by atoms with van der Waals surface area (Å²) in [5, 5.41) is 0. The average molecular weight is 149 g/mol. The van der Waals surface area contributed by atoms with Gasteiger partial charge >= 0.3 is 0 Å². The molecular formula is C8H11N3. The minimum Gasteiger partial charge on any atom is -0.397 e. The van der Waals surface area contributed by atoms with Crippen LogP contribution in [0.4, 0.5) is 5.69 Å². The van der Waals surface area contributed by atoms with E-state index < -0.39 is 0 Å². The van der Waals surface area contributed by atoms with E-state index in [2.05, 4.69) is 4.98 Å². The Kier molecular flexibility index (Phi) is 2.63. The molecule has 1 aromatic heterocycles. The van der Waals surface area contributed by atoms with Crippen molar-refractivity contribution in [1.29, 1.82) is 0 Å². The smallest absolute Gasteiger partial charge is 0.0574 e. The minimum absolute atomic E-state index is 0.530. The Morgan fingerprint density at radius 1 is 1.55 bits per heavy atom. The Labute approximate surface area is 65.7 Å². The number of aromatic nitrogens is 1. The molecule has 0 saturated carbocycles. The van der Waals surface area contributed by atoms with Crippen molar-refractivity contribution >= 4 is 11.8 Å². The zero-order valence-electron chi connectivity index (χ0n) is 6.20. The molecule has 0 aliphatic heterocycles. The summed E-state index contributed by atoms with van der Waals surface area (Å²) in [6.45, 7) is 0.530. The molecular weight excluding hydrogens is 138 g/mol. The molecule has 0 unspecified atom stereocenters. The first kappa shape index (κ1) is 7.75. The van der Waals surface area contributed by atoms with Gasteiger partial charge in [0.1, 0.15) is 0 Å². The van der Waals surface area contributed by atoms with Crippen LogP contribution in [0.25, 0.3) is 6.08 Å². The lowest BCUT2D eigenvalue weighted by atomic mass is 10.2. The van der Waals surface area contributed by atoms with Crippen LogP contribution in [0.5, 0.6) is 0 Å². The van der Waals surface area contributed by atoms with Gasteiger partial charge in [0, 0.05) is 18.3 Å². The number of rotatable bonds is 2. The molecule has 0 aromatic carbocycles. The summed E-state index contributed by atoms with van der Waals surface area (Å²) in [5.74, 6) is 0. The molecule has 3 heteroatoms. The van der Waals surface area contributed by atoms with E-state index in [0.29, 0.717) is 12.2 Å². The van der Waals surface area contributed by atoms with E-state index in [1.165, 1.54) is 0 Å². The number of nitrogen functional groups attached to an aromatic ring is 1. The Bertz CT molecular complexity index is 255. The topological polar surface area (TPSA) is 64.9 Å². The van der Waals surface area contributed by atoms with E-state index in [1.54, 1.807) is 12.4 Å². The molecule has 1 heterocycles. The molecule has 1 aromatic rings. The molecule has 0 spiro atoms. The second-order valence-corrected chi connectivity index (χ2v) is 2.14. The summed E-state index contributed by atoms with van der Waals surface area (Å²) in [6, 6.07) is 1.85. The summed E-state index contributed by atoms with van der Waals surface area (Å²) >= 11 is 0. The fourth-order valence-corrected chi connectivity index (χ4v) is 0.764. The largest absolute Gasteiger partial charge is 0.397 e. The zero-order valence-corrected chi connectivity index (χ0v) is 6.20. The van der Waals surface area contributed by atoms with Gasteiger partial charge in [-0.2, -0.15) is 0 Å². The van der Waals surface area contributed by atoms with Crippen molar-refractivity contribution in [3.8, 4) is 0 Å². The van der Waals surface area contributed by atoms with Gasteiger partial charge in [0.05, 0.1) is 11.9 Å². The van der Waals surface area contributed by atoms with Crippen LogP contribution in [-0.2, 0) is 0 Å². The lowest BCUT2D eigenvalue weighted by molar-refractivity contribution is 1.26. The summed E-state index contributed by atoms with van der Waals surface area (Å²) in [5.41, 5.74) is 12.5. The highest BCUT2D eigenvalue weighted by molar-refractivity contribution is 5.62.